The van der Waals surface area contributed by atoms with Crippen LogP contribution in [0, 0.1) is 0 Å². The number of nitrogens with one attached hydrogen (secondary N) is 2. The molecule has 4 heteroatoms. The molecule has 0 aliphatic carbocycles. The number of hydrogen-bond donors (Lipinski definition) is 2. The monoisotopic (exact) mass is 284 g/mol. The Morgan fingerprint density at radius 1 is 1.44 bits per heavy atom. The quantitative estimate of drug-likeness (QED) is 0.816. The second kappa shape index (κ2) is 6.66. The first kappa shape index (κ1) is 13.2. The van der Waals surface area contributed by atoms with E-state index < -0.39 is 0 Å². The van der Waals surface area contributed by atoms with Gasteiger partial charge in [-0.2, -0.15) is 0 Å². The molecule has 1 aromatic carbocycles. The van der Waals surface area contributed by atoms with Crippen molar-refractivity contribution in [3.63, 3.8) is 0 Å². The maximum Gasteiger partial charge on any atom is 0.234 e. The van der Waals surface area contributed by atoms with E-state index in [-0.39, 0.29) is 11.9 Å². The van der Waals surface area contributed by atoms with E-state index in [1.807, 2.05) is 38.1 Å². The topological polar surface area (TPSA) is 41.1 Å². The molecule has 0 saturated carbocycles. The van der Waals surface area contributed by atoms with Gasteiger partial charge in [0.15, 0.2) is 0 Å². The van der Waals surface area contributed by atoms with Gasteiger partial charge in [-0.15, -0.1) is 0 Å². The van der Waals surface area contributed by atoms with E-state index in [1.54, 1.807) is 0 Å². The highest BCUT2D eigenvalue weighted by Crippen LogP contribution is 2.12. The molecular weight excluding hydrogens is 268 g/mol. The van der Waals surface area contributed by atoms with Gasteiger partial charge in [0.1, 0.15) is 0 Å². The molecule has 0 heterocycles. The van der Waals surface area contributed by atoms with Gasteiger partial charge >= 0.3 is 0 Å². The van der Waals surface area contributed by atoms with Crippen LogP contribution in [0.15, 0.2) is 28.7 Å². The first-order valence-corrected chi connectivity index (χ1v) is 6.16. The maximum atomic E-state index is 11.4. The minimum atomic E-state index is 0.0219. The number of hydrogen-bond acceptors (Lipinski definition) is 2. The molecule has 0 atom stereocenters. The fraction of sp³-hybridized carbons (Fsp3) is 0.417. The molecule has 2 N–H and O–H groups in total. The van der Waals surface area contributed by atoms with E-state index in [0.29, 0.717) is 6.42 Å². The van der Waals surface area contributed by atoms with Crippen LogP contribution in [0.3, 0.4) is 0 Å². The Balaban J connectivity index is 2.31. The van der Waals surface area contributed by atoms with Crippen molar-refractivity contribution >= 4 is 21.8 Å². The van der Waals surface area contributed by atoms with Crippen molar-refractivity contribution in [3.05, 3.63) is 34.3 Å². The van der Waals surface area contributed by atoms with Gasteiger partial charge in [0, 0.05) is 16.9 Å². The normalized spacial score (nSPS) is 10.5. The van der Waals surface area contributed by atoms with Gasteiger partial charge in [-0.3, -0.25) is 10.2 Å². The maximum absolute atomic E-state index is 11.4. The molecule has 3 nitrogen and oxygen atoms in total. The van der Waals surface area contributed by atoms with Crippen LogP contribution >= 0.6 is 15.9 Å². The number of halogens is 1. The summed E-state index contributed by atoms with van der Waals surface area (Å²) in [5.74, 6) is 0.0219. The zero-order valence-corrected chi connectivity index (χ0v) is 11.2. The highest BCUT2D eigenvalue weighted by Gasteiger charge is 2.02. The first-order valence-electron chi connectivity index (χ1n) is 5.36. The summed E-state index contributed by atoms with van der Waals surface area (Å²) < 4.78 is 1.05. The molecule has 0 aromatic heterocycles. The van der Waals surface area contributed by atoms with Crippen molar-refractivity contribution in [3.8, 4) is 0 Å². The van der Waals surface area contributed by atoms with Crippen LogP contribution < -0.4 is 10.9 Å². The van der Waals surface area contributed by atoms with Crippen molar-refractivity contribution in [1.82, 2.24) is 10.9 Å². The number of aryl methyl sites for hydroxylation is 1. The summed E-state index contributed by atoms with van der Waals surface area (Å²) in [5, 5.41) is 0. The third kappa shape index (κ3) is 5.28. The highest BCUT2D eigenvalue weighted by molar-refractivity contribution is 9.10. The fourth-order valence-electron chi connectivity index (χ4n) is 1.24. The lowest BCUT2D eigenvalue weighted by atomic mass is 10.1. The van der Waals surface area contributed by atoms with Crippen LogP contribution in [-0.4, -0.2) is 11.9 Å². The van der Waals surface area contributed by atoms with Crippen LogP contribution in [0.2, 0.25) is 0 Å². The Morgan fingerprint density at radius 3 is 2.81 bits per heavy atom. The molecule has 0 radical (unpaired) electrons. The van der Waals surface area contributed by atoms with Gasteiger partial charge in [-0.25, -0.2) is 5.43 Å². The molecule has 0 bridgehead atoms. The highest BCUT2D eigenvalue weighted by atomic mass is 79.9. The second-order valence-corrected chi connectivity index (χ2v) is 4.89. The fourth-order valence-corrected chi connectivity index (χ4v) is 1.68. The molecule has 16 heavy (non-hydrogen) atoms. The second-order valence-electron chi connectivity index (χ2n) is 3.98. The van der Waals surface area contributed by atoms with Gasteiger partial charge in [0.25, 0.3) is 0 Å². The van der Waals surface area contributed by atoms with E-state index in [2.05, 4.69) is 26.8 Å². The smallest absolute Gasteiger partial charge is 0.234 e. The molecule has 0 aliphatic heterocycles. The summed E-state index contributed by atoms with van der Waals surface area (Å²) >= 11 is 3.41. The van der Waals surface area contributed by atoms with Gasteiger partial charge in [0.05, 0.1) is 0 Å². The molecule has 0 aliphatic rings. The average molecular weight is 285 g/mol. The van der Waals surface area contributed by atoms with Crippen molar-refractivity contribution < 1.29 is 4.79 Å². The largest absolute Gasteiger partial charge is 0.291 e. The SMILES string of the molecule is CC(C)NNC(=O)CCc1cccc(Br)c1. The Bertz CT molecular complexity index is 353. The van der Waals surface area contributed by atoms with E-state index in [4.69, 9.17) is 0 Å². The minimum Gasteiger partial charge on any atom is -0.291 e. The van der Waals surface area contributed by atoms with Gasteiger partial charge in [-0.05, 0) is 38.0 Å². The molecular formula is C12H17BrN2O. The molecule has 1 aromatic rings. The van der Waals surface area contributed by atoms with Crippen LogP contribution in [-0.2, 0) is 11.2 Å². The van der Waals surface area contributed by atoms with E-state index in [1.165, 1.54) is 0 Å². The van der Waals surface area contributed by atoms with Crippen LogP contribution in [0.25, 0.3) is 0 Å². The lowest BCUT2D eigenvalue weighted by molar-refractivity contribution is -0.122. The lowest BCUT2D eigenvalue weighted by Gasteiger charge is -2.09. The van der Waals surface area contributed by atoms with E-state index in [0.717, 1.165) is 16.5 Å². The summed E-state index contributed by atoms with van der Waals surface area (Å²) in [6.07, 6.45) is 1.25. The molecule has 88 valence electrons. The molecule has 0 spiro atoms. The van der Waals surface area contributed by atoms with E-state index in [9.17, 15) is 4.79 Å². The zero-order valence-electron chi connectivity index (χ0n) is 9.59. The Labute approximate surface area is 105 Å². The zero-order chi connectivity index (χ0) is 12.0. The lowest BCUT2D eigenvalue weighted by Crippen LogP contribution is -2.41. The van der Waals surface area contributed by atoms with Crippen LogP contribution in [0.4, 0.5) is 0 Å². The van der Waals surface area contributed by atoms with Crippen molar-refractivity contribution in [2.75, 3.05) is 0 Å². The molecule has 1 rings (SSSR count). The number of benzene rings is 1. The summed E-state index contributed by atoms with van der Waals surface area (Å²) in [6, 6.07) is 8.26. The summed E-state index contributed by atoms with van der Waals surface area (Å²) in [5.41, 5.74) is 6.71. The Hall–Kier alpha value is -0.870. The predicted octanol–water partition coefficient (Wildman–Crippen LogP) is 2.41. The van der Waals surface area contributed by atoms with Gasteiger partial charge < -0.3 is 0 Å². The van der Waals surface area contributed by atoms with Crippen molar-refractivity contribution in [2.24, 2.45) is 0 Å². The molecule has 1 amide bonds. The number of amides is 1. The van der Waals surface area contributed by atoms with Gasteiger partial charge in [0.2, 0.25) is 5.91 Å². The molecule has 0 fully saturated rings. The Morgan fingerprint density at radius 2 is 2.19 bits per heavy atom. The summed E-state index contributed by atoms with van der Waals surface area (Å²) in [6.45, 7) is 3.96. The summed E-state index contributed by atoms with van der Waals surface area (Å²) in [4.78, 5) is 11.4. The standard InChI is InChI=1S/C12H17BrN2O/c1-9(2)14-15-12(16)7-6-10-4-3-5-11(13)8-10/h3-5,8-9,14H,6-7H2,1-2H3,(H,15,16). The minimum absolute atomic E-state index is 0.0219. The van der Waals surface area contributed by atoms with E-state index >= 15 is 0 Å². The number of hydrazine groups is 1. The predicted molar refractivity (Wildman–Crippen MR) is 68.9 cm³/mol. The number of rotatable bonds is 5. The Kier molecular flexibility index (Phi) is 5.49. The number of carbonyl (C=O) groups is 1. The average Bonchev–Trinajstić information content (AvgIpc) is 2.23. The third-order valence-corrected chi connectivity index (χ3v) is 2.52. The van der Waals surface area contributed by atoms with Gasteiger partial charge in [-0.1, -0.05) is 28.1 Å². The van der Waals surface area contributed by atoms with Crippen molar-refractivity contribution in [2.45, 2.75) is 32.7 Å². The van der Waals surface area contributed by atoms with Crippen LogP contribution in [0.5, 0.6) is 0 Å². The van der Waals surface area contributed by atoms with Crippen molar-refractivity contribution in [1.29, 1.82) is 0 Å². The molecule has 0 saturated heterocycles. The molecule has 0 unspecified atom stereocenters. The summed E-state index contributed by atoms with van der Waals surface area (Å²) in [7, 11) is 0. The number of carbonyl (C=O) groups excluding carboxylic acids is 1. The van der Waals surface area contributed by atoms with Crippen LogP contribution in [0.1, 0.15) is 25.8 Å². The third-order valence-electron chi connectivity index (χ3n) is 2.03. The first-order chi connectivity index (χ1) is 7.58.